The fraction of sp³-hybridized carbons (Fsp3) is 0.750. The molecule has 14 heavy (non-hydrogen) atoms. The van der Waals surface area contributed by atoms with Gasteiger partial charge in [0.05, 0.1) is 6.26 Å². The third-order valence-electron chi connectivity index (χ3n) is 2.32. The molecule has 1 saturated carbocycles. The summed E-state index contributed by atoms with van der Waals surface area (Å²) >= 11 is 0. The van der Waals surface area contributed by atoms with E-state index in [2.05, 4.69) is 11.3 Å². The normalized spacial score (nSPS) is 25.5. The molecule has 0 radical (unpaired) electrons. The molecular weight excluding hydrogens is 204 g/mol. The van der Waals surface area contributed by atoms with Gasteiger partial charge in [0, 0.05) is 13.0 Å². The average Bonchev–Trinajstić information content (AvgIpc) is 2.42. The van der Waals surface area contributed by atoms with Gasteiger partial charge < -0.3 is 9.84 Å². The zero-order chi connectivity index (χ0) is 11.0. The summed E-state index contributed by atoms with van der Waals surface area (Å²) in [5.74, 6) is -8.35. The maximum Gasteiger partial charge on any atom is 0.359 e. The first-order chi connectivity index (χ1) is 6.37. The molecule has 6 heteroatoms. The summed E-state index contributed by atoms with van der Waals surface area (Å²) in [5, 5.41) is 8.39. The zero-order valence-corrected chi connectivity index (χ0v) is 7.27. The molecule has 0 aromatic heterocycles. The molecule has 0 bridgehead atoms. The number of rotatable bonds is 5. The Bertz CT molecular complexity index is 225. The monoisotopic (exact) mass is 214 g/mol. The Balaban J connectivity index is 2.81. The molecule has 82 valence electrons. The fourth-order valence-corrected chi connectivity index (χ4v) is 1.44. The van der Waals surface area contributed by atoms with Crippen molar-refractivity contribution in [2.45, 2.75) is 30.3 Å². The summed E-state index contributed by atoms with van der Waals surface area (Å²) in [7, 11) is 0. The van der Waals surface area contributed by atoms with E-state index in [1.54, 1.807) is 0 Å². The SMILES string of the molecule is C=COC1(CCCO)C(F)(F)C1(F)F. The van der Waals surface area contributed by atoms with Crippen LogP contribution in [-0.4, -0.2) is 29.2 Å². The van der Waals surface area contributed by atoms with Gasteiger partial charge in [-0.2, -0.15) is 17.6 Å². The molecule has 0 heterocycles. The van der Waals surface area contributed by atoms with Crippen LogP contribution in [0.25, 0.3) is 0 Å². The molecule has 0 aliphatic heterocycles. The van der Waals surface area contributed by atoms with Gasteiger partial charge in [0.15, 0.2) is 0 Å². The van der Waals surface area contributed by atoms with Gasteiger partial charge in [-0.1, -0.05) is 6.58 Å². The number of aliphatic hydroxyl groups excluding tert-OH is 1. The molecule has 2 nitrogen and oxygen atoms in total. The van der Waals surface area contributed by atoms with Gasteiger partial charge in [-0.05, 0) is 6.42 Å². The van der Waals surface area contributed by atoms with Crippen molar-refractivity contribution in [3.8, 4) is 0 Å². The first kappa shape index (κ1) is 11.3. The minimum Gasteiger partial charge on any atom is -0.482 e. The maximum absolute atomic E-state index is 12.7. The van der Waals surface area contributed by atoms with E-state index in [4.69, 9.17) is 5.11 Å². The number of alkyl halides is 4. The first-order valence-electron chi connectivity index (χ1n) is 4.02. The van der Waals surface area contributed by atoms with Gasteiger partial charge >= 0.3 is 11.8 Å². The van der Waals surface area contributed by atoms with E-state index in [1.165, 1.54) is 0 Å². The van der Waals surface area contributed by atoms with E-state index in [0.29, 0.717) is 6.26 Å². The molecule has 1 rings (SSSR count). The summed E-state index contributed by atoms with van der Waals surface area (Å²) < 4.78 is 55.2. The fourth-order valence-electron chi connectivity index (χ4n) is 1.44. The van der Waals surface area contributed by atoms with E-state index in [-0.39, 0.29) is 6.42 Å². The quantitative estimate of drug-likeness (QED) is 0.559. The zero-order valence-electron chi connectivity index (χ0n) is 7.27. The smallest absolute Gasteiger partial charge is 0.359 e. The third-order valence-corrected chi connectivity index (χ3v) is 2.32. The Kier molecular flexibility index (Phi) is 2.51. The highest BCUT2D eigenvalue weighted by Crippen LogP contribution is 2.69. The van der Waals surface area contributed by atoms with Crippen molar-refractivity contribution in [2.75, 3.05) is 6.61 Å². The molecule has 0 spiro atoms. The number of aliphatic hydroxyl groups is 1. The molecular formula is C8H10F4O2. The molecule has 1 aliphatic rings. The minimum absolute atomic E-state index is 0.168. The van der Waals surface area contributed by atoms with E-state index in [9.17, 15) is 17.6 Å². The second-order valence-electron chi connectivity index (χ2n) is 3.09. The van der Waals surface area contributed by atoms with Crippen LogP contribution in [0, 0.1) is 0 Å². The summed E-state index contributed by atoms with van der Waals surface area (Å²) in [5.41, 5.74) is -2.80. The number of ether oxygens (including phenoxy) is 1. The largest absolute Gasteiger partial charge is 0.482 e. The lowest BCUT2D eigenvalue weighted by atomic mass is 10.1. The van der Waals surface area contributed by atoms with Gasteiger partial charge in [0.1, 0.15) is 0 Å². The van der Waals surface area contributed by atoms with E-state index in [0.717, 1.165) is 0 Å². The lowest BCUT2D eigenvalue weighted by molar-refractivity contribution is -0.0278. The van der Waals surface area contributed by atoms with Crippen LogP contribution < -0.4 is 0 Å². The Morgan fingerprint density at radius 2 is 1.71 bits per heavy atom. The molecule has 0 aromatic carbocycles. The Morgan fingerprint density at radius 1 is 1.21 bits per heavy atom. The van der Waals surface area contributed by atoms with Crippen molar-refractivity contribution in [3.05, 3.63) is 12.8 Å². The highest BCUT2D eigenvalue weighted by atomic mass is 19.3. The number of hydrogen-bond acceptors (Lipinski definition) is 2. The summed E-state index contributed by atoms with van der Waals surface area (Å²) in [6.45, 7) is 2.54. The Labute approximate surface area is 78.2 Å². The Hall–Kier alpha value is -0.780. The van der Waals surface area contributed by atoms with Crippen LogP contribution in [-0.2, 0) is 4.74 Å². The van der Waals surface area contributed by atoms with Gasteiger partial charge in [0.2, 0.25) is 5.60 Å². The van der Waals surface area contributed by atoms with Crippen molar-refractivity contribution >= 4 is 0 Å². The molecule has 0 atom stereocenters. The van der Waals surface area contributed by atoms with E-state index < -0.39 is 30.5 Å². The van der Waals surface area contributed by atoms with Crippen molar-refractivity contribution in [1.29, 1.82) is 0 Å². The molecule has 1 fully saturated rings. The van der Waals surface area contributed by atoms with Gasteiger partial charge in [-0.15, -0.1) is 0 Å². The van der Waals surface area contributed by atoms with Crippen LogP contribution in [0.5, 0.6) is 0 Å². The van der Waals surface area contributed by atoms with Crippen LogP contribution in [0.2, 0.25) is 0 Å². The average molecular weight is 214 g/mol. The molecule has 0 saturated heterocycles. The molecule has 1 aliphatic carbocycles. The van der Waals surface area contributed by atoms with Crippen molar-refractivity contribution in [2.24, 2.45) is 0 Å². The highest BCUT2D eigenvalue weighted by molar-refractivity contribution is 5.29. The number of hydrogen-bond donors (Lipinski definition) is 1. The molecule has 0 unspecified atom stereocenters. The summed E-state index contributed by atoms with van der Waals surface area (Å²) in [4.78, 5) is 0. The summed E-state index contributed by atoms with van der Waals surface area (Å²) in [6, 6.07) is 0. The van der Waals surface area contributed by atoms with Gasteiger partial charge in [-0.25, -0.2) is 0 Å². The number of halogens is 4. The maximum atomic E-state index is 12.7. The third kappa shape index (κ3) is 1.06. The predicted octanol–water partition coefficient (Wildman–Crippen LogP) is 1.94. The van der Waals surface area contributed by atoms with E-state index >= 15 is 0 Å². The van der Waals surface area contributed by atoms with Crippen LogP contribution in [0.4, 0.5) is 17.6 Å². The first-order valence-corrected chi connectivity index (χ1v) is 4.02. The minimum atomic E-state index is -4.18. The van der Waals surface area contributed by atoms with Crippen LogP contribution >= 0.6 is 0 Å². The molecule has 0 aromatic rings. The second-order valence-corrected chi connectivity index (χ2v) is 3.09. The van der Waals surface area contributed by atoms with Crippen molar-refractivity contribution < 1.29 is 27.4 Å². The molecule has 0 amide bonds. The highest BCUT2D eigenvalue weighted by Gasteiger charge is 2.98. The standard InChI is InChI=1S/C8H10F4O2/c1-2-14-6(4-3-5-13)7(9,10)8(6,11)12/h2,13H,1,3-5H2. The second kappa shape index (κ2) is 3.12. The van der Waals surface area contributed by atoms with Crippen molar-refractivity contribution in [3.63, 3.8) is 0 Å². The lowest BCUT2D eigenvalue weighted by Gasteiger charge is -2.13. The van der Waals surface area contributed by atoms with Crippen LogP contribution in [0.3, 0.4) is 0 Å². The van der Waals surface area contributed by atoms with Crippen molar-refractivity contribution in [1.82, 2.24) is 0 Å². The van der Waals surface area contributed by atoms with Gasteiger partial charge in [0.25, 0.3) is 0 Å². The lowest BCUT2D eigenvalue weighted by Crippen LogP contribution is -2.23. The van der Waals surface area contributed by atoms with E-state index in [1.807, 2.05) is 0 Å². The molecule has 1 N–H and O–H groups in total. The Morgan fingerprint density at radius 3 is 2.00 bits per heavy atom. The summed E-state index contributed by atoms with van der Waals surface area (Å²) in [6.07, 6.45) is -0.194. The topological polar surface area (TPSA) is 29.5 Å². The van der Waals surface area contributed by atoms with Gasteiger partial charge in [-0.3, -0.25) is 0 Å². The predicted molar refractivity (Wildman–Crippen MR) is 40.2 cm³/mol. The van der Waals surface area contributed by atoms with Crippen LogP contribution in [0.15, 0.2) is 12.8 Å². The van der Waals surface area contributed by atoms with Crippen LogP contribution in [0.1, 0.15) is 12.8 Å².